The molecular weight excluding hydrogens is 254 g/mol. The van der Waals surface area contributed by atoms with Crippen molar-refractivity contribution >= 4 is 0 Å². The van der Waals surface area contributed by atoms with Gasteiger partial charge in [-0.25, -0.2) is 4.57 Å². The van der Waals surface area contributed by atoms with Crippen LogP contribution >= 0.6 is 0 Å². The van der Waals surface area contributed by atoms with Crippen molar-refractivity contribution in [2.45, 2.75) is 90.9 Å². The molecule has 0 aliphatic carbocycles. The van der Waals surface area contributed by atoms with E-state index in [9.17, 15) is 0 Å². The maximum absolute atomic E-state index is 2.44. The fourth-order valence-electron chi connectivity index (χ4n) is 3.01. The Bertz CT molecular complexity index is 338. The van der Waals surface area contributed by atoms with Gasteiger partial charge < -0.3 is 0 Å². The first-order valence-electron chi connectivity index (χ1n) is 9.24. The van der Waals surface area contributed by atoms with E-state index in [1.54, 1.807) is 0 Å². The zero-order valence-electron chi connectivity index (χ0n) is 14.7. The molecule has 1 aromatic rings. The highest BCUT2D eigenvalue weighted by Gasteiger charge is 2.05. The number of pyridine rings is 1. The molecule has 0 N–H and O–H groups in total. The van der Waals surface area contributed by atoms with Gasteiger partial charge in [0.15, 0.2) is 12.4 Å². The first-order chi connectivity index (χ1) is 10.3. The highest BCUT2D eigenvalue weighted by atomic mass is 14.9. The number of unbranched alkanes of at least 4 members (excludes halogenated alkanes) is 8. The second-order valence-corrected chi connectivity index (χ2v) is 6.55. The summed E-state index contributed by atoms with van der Waals surface area (Å²) in [6, 6.07) is 2.44. The summed E-state index contributed by atoms with van der Waals surface area (Å²) in [5.41, 5.74) is 3.06. The topological polar surface area (TPSA) is 3.88 Å². The predicted octanol–water partition coefficient (Wildman–Crippen LogP) is 5.54. The lowest BCUT2D eigenvalue weighted by Gasteiger charge is -2.05. The number of hydrogen-bond donors (Lipinski definition) is 0. The first-order valence-corrected chi connectivity index (χ1v) is 9.24. The van der Waals surface area contributed by atoms with Gasteiger partial charge in [-0.05, 0) is 31.7 Å². The van der Waals surface area contributed by atoms with E-state index in [1.165, 1.54) is 88.2 Å². The Hall–Kier alpha value is -0.850. The van der Waals surface area contributed by atoms with Crippen molar-refractivity contribution in [1.82, 2.24) is 0 Å². The van der Waals surface area contributed by atoms with Crippen molar-refractivity contribution < 1.29 is 4.57 Å². The van der Waals surface area contributed by atoms with Crippen molar-refractivity contribution in [2.75, 3.05) is 0 Å². The largest absolute Gasteiger partial charge is 0.207 e. The molecule has 1 aromatic heterocycles. The molecule has 0 fully saturated rings. The van der Waals surface area contributed by atoms with Gasteiger partial charge in [-0.2, -0.15) is 0 Å². The number of hydrogen-bond acceptors (Lipinski definition) is 0. The zero-order valence-corrected chi connectivity index (χ0v) is 14.7. The second kappa shape index (κ2) is 11.8. The molecule has 0 saturated heterocycles. The van der Waals surface area contributed by atoms with Crippen LogP contribution in [-0.2, 0) is 19.9 Å². The van der Waals surface area contributed by atoms with E-state index >= 15 is 0 Å². The first kappa shape index (κ1) is 18.2. The second-order valence-electron chi connectivity index (χ2n) is 6.55. The Morgan fingerprint density at radius 1 is 0.667 bits per heavy atom. The van der Waals surface area contributed by atoms with Gasteiger partial charge >= 0.3 is 0 Å². The molecule has 0 unspecified atom stereocenters. The summed E-state index contributed by atoms with van der Waals surface area (Å²) < 4.78 is 2.25. The van der Waals surface area contributed by atoms with Crippen LogP contribution in [0.25, 0.3) is 0 Å². The summed E-state index contributed by atoms with van der Waals surface area (Å²) in [4.78, 5) is 0. The fraction of sp³-hybridized carbons (Fsp3) is 0.750. The van der Waals surface area contributed by atoms with Crippen LogP contribution in [-0.4, -0.2) is 0 Å². The molecule has 1 heteroatoms. The Labute approximate surface area is 132 Å². The summed E-state index contributed by atoms with van der Waals surface area (Å²) in [6.07, 6.45) is 20.8. The minimum Gasteiger partial charge on any atom is -0.207 e. The Kier molecular flexibility index (Phi) is 10.2. The van der Waals surface area contributed by atoms with Gasteiger partial charge in [-0.1, -0.05) is 65.2 Å². The zero-order chi connectivity index (χ0) is 15.3. The van der Waals surface area contributed by atoms with Gasteiger partial charge in [0.05, 0.1) is 0 Å². The van der Waals surface area contributed by atoms with Gasteiger partial charge in [0.25, 0.3) is 0 Å². The lowest BCUT2D eigenvalue weighted by molar-refractivity contribution is -0.672. The molecule has 1 heterocycles. The van der Waals surface area contributed by atoms with Gasteiger partial charge in [-0.3, -0.25) is 0 Å². The van der Waals surface area contributed by atoms with Crippen LogP contribution < -0.4 is 4.57 Å². The molecule has 21 heavy (non-hydrogen) atoms. The van der Waals surface area contributed by atoms with Gasteiger partial charge in [-0.15, -0.1) is 0 Å². The molecule has 0 atom stereocenters. The van der Waals surface area contributed by atoms with E-state index in [2.05, 4.69) is 43.9 Å². The Morgan fingerprint density at radius 2 is 1.10 bits per heavy atom. The lowest BCUT2D eigenvalue weighted by atomic mass is 10.0. The predicted molar refractivity (Wildman–Crippen MR) is 92.5 cm³/mol. The van der Waals surface area contributed by atoms with Crippen LogP contribution in [0.1, 0.15) is 89.2 Å². The molecular formula is C20H36N+. The molecule has 0 aromatic carbocycles. The van der Waals surface area contributed by atoms with Crippen molar-refractivity contribution in [3.8, 4) is 0 Å². The minimum absolute atomic E-state index is 1.25. The molecule has 0 saturated carbocycles. The normalized spacial score (nSPS) is 11.0. The molecule has 1 nitrogen and oxygen atoms in total. The summed E-state index contributed by atoms with van der Waals surface area (Å²) >= 11 is 0. The molecule has 120 valence electrons. The SMILES string of the molecule is CCCCCCCc1cc(CCCCCCC)c[n+](C)c1. The maximum Gasteiger partial charge on any atom is 0.171 e. The average Bonchev–Trinajstić information content (AvgIpc) is 2.46. The summed E-state index contributed by atoms with van der Waals surface area (Å²) in [7, 11) is 2.17. The third kappa shape index (κ3) is 8.90. The Balaban J connectivity index is 2.32. The van der Waals surface area contributed by atoms with Crippen molar-refractivity contribution in [2.24, 2.45) is 7.05 Å². The molecule has 1 rings (SSSR count). The lowest BCUT2D eigenvalue weighted by Crippen LogP contribution is -2.28. The summed E-state index contributed by atoms with van der Waals surface area (Å²) in [5, 5.41) is 0. The molecule has 0 aliphatic rings. The van der Waals surface area contributed by atoms with Gasteiger partial charge in [0.2, 0.25) is 0 Å². The van der Waals surface area contributed by atoms with Crippen LogP contribution in [0.4, 0.5) is 0 Å². The Morgan fingerprint density at radius 3 is 1.52 bits per heavy atom. The summed E-state index contributed by atoms with van der Waals surface area (Å²) in [6.45, 7) is 4.56. The van der Waals surface area contributed by atoms with Crippen molar-refractivity contribution in [1.29, 1.82) is 0 Å². The van der Waals surface area contributed by atoms with E-state index in [1.807, 2.05) is 0 Å². The molecule has 0 spiro atoms. The quantitative estimate of drug-likeness (QED) is 0.351. The molecule has 0 aliphatic heterocycles. The van der Waals surface area contributed by atoms with Crippen LogP contribution in [0.5, 0.6) is 0 Å². The minimum atomic E-state index is 1.25. The number of aryl methyl sites for hydroxylation is 3. The van der Waals surface area contributed by atoms with Crippen molar-refractivity contribution in [3.05, 3.63) is 29.6 Å². The van der Waals surface area contributed by atoms with E-state index in [0.29, 0.717) is 0 Å². The molecule has 0 bridgehead atoms. The number of nitrogens with zero attached hydrogens (tertiary/aromatic N) is 1. The summed E-state index contributed by atoms with van der Waals surface area (Å²) in [5.74, 6) is 0. The van der Waals surface area contributed by atoms with Crippen LogP contribution in [0.15, 0.2) is 18.5 Å². The standard InChI is InChI=1S/C20H36N/c1-4-6-8-10-12-14-19-16-20(18-21(3)17-19)15-13-11-9-7-5-2/h16-18H,4-15H2,1-3H3/q+1. The fourth-order valence-corrected chi connectivity index (χ4v) is 3.01. The monoisotopic (exact) mass is 290 g/mol. The van der Waals surface area contributed by atoms with Crippen LogP contribution in [0.3, 0.4) is 0 Å². The van der Waals surface area contributed by atoms with E-state index in [0.717, 1.165) is 0 Å². The van der Waals surface area contributed by atoms with Crippen molar-refractivity contribution in [3.63, 3.8) is 0 Å². The molecule has 0 amide bonds. The van der Waals surface area contributed by atoms with Gasteiger partial charge in [0.1, 0.15) is 7.05 Å². The highest BCUT2D eigenvalue weighted by Crippen LogP contribution is 2.12. The third-order valence-corrected chi connectivity index (χ3v) is 4.25. The van der Waals surface area contributed by atoms with Crippen LogP contribution in [0, 0.1) is 0 Å². The highest BCUT2D eigenvalue weighted by molar-refractivity contribution is 5.15. The van der Waals surface area contributed by atoms with Crippen LogP contribution in [0.2, 0.25) is 0 Å². The van der Waals surface area contributed by atoms with E-state index < -0.39 is 0 Å². The molecule has 0 radical (unpaired) electrons. The maximum atomic E-state index is 2.44. The van der Waals surface area contributed by atoms with E-state index in [4.69, 9.17) is 0 Å². The third-order valence-electron chi connectivity index (χ3n) is 4.25. The smallest absolute Gasteiger partial charge is 0.171 e. The number of aromatic nitrogens is 1. The average molecular weight is 291 g/mol. The van der Waals surface area contributed by atoms with E-state index in [-0.39, 0.29) is 0 Å². The number of rotatable bonds is 12. The van der Waals surface area contributed by atoms with Gasteiger partial charge in [0, 0.05) is 11.1 Å².